The van der Waals surface area contributed by atoms with Gasteiger partial charge in [-0.3, -0.25) is 4.90 Å². The van der Waals surface area contributed by atoms with Gasteiger partial charge in [0.15, 0.2) is 0 Å². The molecular weight excluding hydrogens is 567 g/mol. The maximum atomic E-state index is 6.89. The molecule has 0 unspecified atom stereocenters. The van der Waals surface area contributed by atoms with E-state index in [0.717, 1.165) is 89.3 Å². The van der Waals surface area contributed by atoms with Crippen molar-refractivity contribution >= 4 is 101 Å². The van der Waals surface area contributed by atoms with Crippen LogP contribution in [0.5, 0.6) is 0 Å². The van der Waals surface area contributed by atoms with Gasteiger partial charge in [0.05, 0.1) is 11.3 Å². The van der Waals surface area contributed by atoms with E-state index in [-0.39, 0.29) is 6.71 Å². The van der Waals surface area contributed by atoms with Crippen LogP contribution in [0, 0.1) is 0 Å². The number of fused-ring (bicyclic) bond motifs is 11. The first-order valence-electron chi connectivity index (χ1n) is 15.6. The molecule has 214 valence electrons. The number of rotatable bonds is 2. The molecule has 5 heterocycles. The van der Waals surface area contributed by atoms with Crippen molar-refractivity contribution in [3.63, 3.8) is 0 Å². The minimum Gasteiger partial charge on any atom is -0.468 e. The summed E-state index contributed by atoms with van der Waals surface area (Å²) in [6.07, 6.45) is 0. The predicted octanol–water partition coefficient (Wildman–Crippen LogP) is 9.16. The van der Waals surface area contributed by atoms with Gasteiger partial charge in [-0.1, -0.05) is 72.8 Å². The molecule has 0 fully saturated rings. The number of hydrogen-bond acceptors (Lipinski definition) is 5. The first-order valence-corrected chi connectivity index (χ1v) is 15.6. The molecule has 46 heavy (non-hydrogen) atoms. The minimum atomic E-state index is -0.165. The highest BCUT2D eigenvalue weighted by Gasteiger charge is 2.48. The Morgan fingerprint density at radius 3 is 1.85 bits per heavy atom. The van der Waals surface area contributed by atoms with E-state index >= 15 is 0 Å². The molecule has 0 atom stereocenters. The monoisotopic (exact) mass is 590 g/mol. The second-order valence-electron chi connectivity index (χ2n) is 12.1. The lowest BCUT2D eigenvalue weighted by atomic mass is 9.35. The largest absolute Gasteiger partial charge is 0.468 e. The lowest BCUT2D eigenvalue weighted by Gasteiger charge is -2.40. The quantitative estimate of drug-likeness (QED) is 0.188. The van der Waals surface area contributed by atoms with E-state index in [0.29, 0.717) is 0 Å². The smallest absolute Gasteiger partial charge is 0.302 e. The average Bonchev–Trinajstić information content (AvgIpc) is 3.80. The topological polar surface area (TPSA) is 45.9 Å². The maximum Gasteiger partial charge on any atom is 0.302 e. The zero-order valence-electron chi connectivity index (χ0n) is 24.5. The Labute approximate surface area is 263 Å². The molecule has 0 saturated carbocycles. The van der Waals surface area contributed by atoms with Gasteiger partial charge in [-0.25, -0.2) is 0 Å². The van der Waals surface area contributed by atoms with Crippen molar-refractivity contribution in [3.05, 3.63) is 140 Å². The molecule has 6 aromatic carbocycles. The Morgan fingerprint density at radius 2 is 1.04 bits per heavy atom. The Kier molecular flexibility index (Phi) is 4.60. The van der Waals surface area contributed by atoms with Crippen LogP contribution in [0.2, 0.25) is 0 Å². The summed E-state index contributed by atoms with van der Waals surface area (Å²) < 4.78 is 19.9. The zero-order chi connectivity index (χ0) is 29.9. The molecule has 0 spiro atoms. The highest BCUT2D eigenvalue weighted by atomic mass is 16.4. The van der Waals surface area contributed by atoms with Crippen LogP contribution in [0.25, 0.3) is 43.9 Å². The van der Waals surface area contributed by atoms with Gasteiger partial charge in [0.25, 0.3) is 0 Å². The van der Waals surface area contributed by atoms with Crippen LogP contribution in [0.3, 0.4) is 0 Å². The molecule has 0 N–H and O–H groups in total. The van der Waals surface area contributed by atoms with Gasteiger partial charge in [0.1, 0.15) is 22.3 Å². The van der Waals surface area contributed by atoms with Gasteiger partial charge in [-0.15, -0.1) is 0 Å². The predicted molar refractivity (Wildman–Crippen MR) is 187 cm³/mol. The SMILES string of the molecule is c1ccc(N2c3cccc4c3B(c3oc5ccccc5c32)c2c(oc3ccccc23)N4c2ccc3oc4ccccc4c3c2)cc1. The second-order valence-corrected chi connectivity index (χ2v) is 12.1. The fourth-order valence-electron chi connectivity index (χ4n) is 7.79. The molecule has 0 saturated heterocycles. The Hall–Kier alpha value is -6.14. The highest BCUT2D eigenvalue weighted by molar-refractivity contribution is 7.01. The van der Waals surface area contributed by atoms with Crippen molar-refractivity contribution in [1.29, 1.82) is 0 Å². The van der Waals surface area contributed by atoms with Crippen molar-refractivity contribution in [2.24, 2.45) is 0 Å². The molecule has 9 aromatic rings. The molecule has 2 aliphatic heterocycles. The normalized spacial score (nSPS) is 13.5. The van der Waals surface area contributed by atoms with Crippen molar-refractivity contribution in [1.82, 2.24) is 0 Å². The summed E-state index contributed by atoms with van der Waals surface area (Å²) >= 11 is 0. The number of para-hydroxylation sites is 4. The second kappa shape index (κ2) is 8.74. The molecule has 0 bridgehead atoms. The van der Waals surface area contributed by atoms with E-state index in [1.807, 2.05) is 24.3 Å². The van der Waals surface area contributed by atoms with Gasteiger partial charge in [0.2, 0.25) is 5.88 Å². The fraction of sp³-hybridized carbons (Fsp3) is 0. The van der Waals surface area contributed by atoms with Crippen LogP contribution in [-0.2, 0) is 0 Å². The first kappa shape index (κ1) is 24.2. The van der Waals surface area contributed by atoms with E-state index in [1.54, 1.807) is 0 Å². The van der Waals surface area contributed by atoms with Crippen LogP contribution in [0.4, 0.5) is 34.3 Å². The standard InChI is InChI=1S/C40H23BN2O3/c1-2-11-24(12-3-1)42-30-16-10-17-31-37(30)41(39-38(42)28-15-6-9-20-34(28)45-39)36-27-14-5-8-19-33(27)46-40(36)43(31)25-21-22-35-29(23-25)26-13-4-7-18-32(26)44-35/h1-23H. The molecule has 0 amide bonds. The summed E-state index contributed by atoms with van der Waals surface area (Å²) in [5.74, 6) is 0.808. The molecule has 11 rings (SSSR count). The van der Waals surface area contributed by atoms with Crippen molar-refractivity contribution < 1.29 is 13.3 Å². The first-order chi connectivity index (χ1) is 22.8. The summed E-state index contributed by atoms with van der Waals surface area (Å²) in [7, 11) is 0. The van der Waals surface area contributed by atoms with Gasteiger partial charge in [-0.2, -0.15) is 0 Å². The summed E-state index contributed by atoms with van der Waals surface area (Å²) in [5, 5.41) is 4.34. The van der Waals surface area contributed by atoms with Crippen molar-refractivity contribution in [2.45, 2.75) is 0 Å². The number of benzene rings is 6. The summed E-state index contributed by atoms with van der Waals surface area (Å²) in [4.78, 5) is 4.65. The molecule has 0 aliphatic carbocycles. The fourth-order valence-corrected chi connectivity index (χ4v) is 7.79. The van der Waals surface area contributed by atoms with Crippen LogP contribution in [-0.4, -0.2) is 6.71 Å². The molecule has 5 nitrogen and oxygen atoms in total. The van der Waals surface area contributed by atoms with Gasteiger partial charge in [-0.05, 0) is 72.2 Å². The van der Waals surface area contributed by atoms with Gasteiger partial charge in [0, 0.05) is 49.8 Å². The van der Waals surface area contributed by atoms with Crippen LogP contribution in [0.15, 0.2) is 153 Å². The third-order valence-electron chi connectivity index (χ3n) is 9.65. The number of nitrogens with zero attached hydrogens (tertiary/aromatic N) is 2. The minimum absolute atomic E-state index is 0.165. The third kappa shape index (κ3) is 3.05. The summed E-state index contributed by atoms with van der Waals surface area (Å²) in [6.45, 7) is -0.165. The molecular formula is C40H23BN2O3. The van der Waals surface area contributed by atoms with E-state index in [9.17, 15) is 0 Å². The number of furan rings is 3. The third-order valence-corrected chi connectivity index (χ3v) is 9.65. The molecule has 0 radical (unpaired) electrons. The van der Waals surface area contributed by atoms with Crippen LogP contribution >= 0.6 is 0 Å². The number of hydrogen-bond donors (Lipinski definition) is 0. The van der Waals surface area contributed by atoms with Gasteiger partial charge < -0.3 is 18.2 Å². The van der Waals surface area contributed by atoms with E-state index in [2.05, 4.69) is 125 Å². The molecule has 6 heteroatoms. The van der Waals surface area contributed by atoms with Crippen LogP contribution in [0.1, 0.15) is 0 Å². The van der Waals surface area contributed by atoms with Crippen molar-refractivity contribution in [3.8, 4) is 0 Å². The number of anilines is 6. The van der Waals surface area contributed by atoms with E-state index < -0.39 is 0 Å². The lowest BCUT2D eigenvalue weighted by molar-refractivity contribution is 0.622. The maximum absolute atomic E-state index is 6.89. The summed E-state index contributed by atoms with van der Waals surface area (Å²) in [5.41, 5.74) is 12.1. The van der Waals surface area contributed by atoms with Crippen LogP contribution < -0.4 is 26.4 Å². The molecule has 3 aromatic heterocycles. The molecule has 2 aliphatic rings. The average molecular weight is 590 g/mol. The Bertz CT molecular complexity index is 2690. The summed E-state index contributed by atoms with van der Waals surface area (Å²) in [6, 6.07) is 48.5. The zero-order valence-corrected chi connectivity index (χ0v) is 24.5. The Morgan fingerprint density at radius 1 is 0.413 bits per heavy atom. The van der Waals surface area contributed by atoms with Crippen molar-refractivity contribution in [2.75, 3.05) is 9.80 Å². The van der Waals surface area contributed by atoms with E-state index in [1.165, 1.54) is 5.46 Å². The van der Waals surface area contributed by atoms with Gasteiger partial charge >= 0.3 is 6.71 Å². The highest BCUT2D eigenvalue weighted by Crippen LogP contribution is 2.48. The van der Waals surface area contributed by atoms with E-state index in [4.69, 9.17) is 13.3 Å². The Balaban J connectivity index is 1.27. The lowest BCUT2D eigenvalue weighted by Crippen LogP contribution is -2.60.